The van der Waals surface area contributed by atoms with Gasteiger partial charge >= 0.3 is 5.69 Å². The minimum absolute atomic E-state index is 0.0438. The number of nitrogens with one attached hydrogen (secondary N) is 1. The highest BCUT2D eigenvalue weighted by Gasteiger charge is 2.15. The molecule has 0 spiro atoms. The van der Waals surface area contributed by atoms with Crippen molar-refractivity contribution in [3.05, 3.63) is 49.6 Å². The number of hydrogen-bond donors (Lipinski definition) is 1. The molecule has 0 unspecified atom stereocenters. The van der Waals surface area contributed by atoms with E-state index in [2.05, 4.69) is 10.1 Å². The molecule has 7 heteroatoms. The maximum atomic E-state index is 11.9. The summed E-state index contributed by atoms with van der Waals surface area (Å²) in [5.41, 5.74) is 0.115. The average molecular weight is 260 g/mol. The molecule has 0 saturated heterocycles. The highest BCUT2D eigenvalue weighted by Crippen LogP contribution is 2.14. The van der Waals surface area contributed by atoms with E-state index in [1.54, 1.807) is 13.0 Å². The normalized spacial score (nSPS) is 10.4. The summed E-state index contributed by atoms with van der Waals surface area (Å²) in [6.45, 7) is 3.66. The topological polar surface area (TPSA) is 105 Å². The zero-order valence-electron chi connectivity index (χ0n) is 10.6. The van der Waals surface area contributed by atoms with Gasteiger partial charge in [0.15, 0.2) is 0 Å². The molecule has 0 atom stereocenters. The van der Waals surface area contributed by atoms with Crippen LogP contribution in [0.3, 0.4) is 0 Å². The molecule has 0 amide bonds. The number of hydrogen-bond acceptors (Lipinski definition) is 5. The van der Waals surface area contributed by atoms with Gasteiger partial charge in [0.25, 0.3) is 5.56 Å². The molecule has 0 aliphatic rings. The van der Waals surface area contributed by atoms with Crippen molar-refractivity contribution in [3.8, 4) is 6.07 Å². The summed E-state index contributed by atoms with van der Waals surface area (Å²) in [6.07, 6.45) is 1.75. The summed E-state index contributed by atoms with van der Waals surface area (Å²) in [5, 5.41) is 12.7. The van der Waals surface area contributed by atoms with Crippen molar-refractivity contribution in [2.75, 3.05) is 0 Å². The number of rotatable bonds is 3. The first-order valence-electron chi connectivity index (χ1n) is 5.75. The van der Waals surface area contributed by atoms with Crippen LogP contribution in [0.15, 0.2) is 20.3 Å². The maximum absolute atomic E-state index is 11.9. The van der Waals surface area contributed by atoms with Crippen molar-refractivity contribution in [1.82, 2.24) is 14.7 Å². The standard InChI is InChI=1S/C12H12N4O3/c1-3-10-9(7(2)19-15-10)6-16-11(17)8(4-13)5-14-12(16)18/h5H,3,6H2,1-2H3,(H,14,18). The molecular formula is C12H12N4O3. The molecule has 0 bridgehead atoms. The Morgan fingerprint density at radius 1 is 1.53 bits per heavy atom. The Morgan fingerprint density at radius 3 is 2.89 bits per heavy atom. The third kappa shape index (κ3) is 2.20. The quantitative estimate of drug-likeness (QED) is 0.855. The van der Waals surface area contributed by atoms with Crippen LogP contribution in [0.1, 0.15) is 29.5 Å². The van der Waals surface area contributed by atoms with Gasteiger partial charge in [0.2, 0.25) is 0 Å². The summed E-state index contributed by atoms with van der Waals surface area (Å²) in [6, 6.07) is 1.74. The fraction of sp³-hybridized carbons (Fsp3) is 0.333. The van der Waals surface area contributed by atoms with Crippen LogP contribution in [0.5, 0.6) is 0 Å². The minimum Gasteiger partial charge on any atom is -0.361 e. The lowest BCUT2D eigenvalue weighted by Gasteiger charge is -2.04. The Balaban J connectivity index is 2.56. The molecule has 2 aromatic rings. The number of aromatic amines is 1. The maximum Gasteiger partial charge on any atom is 0.328 e. The van der Waals surface area contributed by atoms with Crippen LogP contribution in [0.25, 0.3) is 0 Å². The lowest BCUT2D eigenvalue weighted by Crippen LogP contribution is -2.36. The van der Waals surface area contributed by atoms with Gasteiger partial charge in [-0.2, -0.15) is 5.26 Å². The Labute approximate surface area is 108 Å². The first-order valence-corrected chi connectivity index (χ1v) is 5.75. The molecule has 1 N–H and O–H groups in total. The molecule has 19 heavy (non-hydrogen) atoms. The third-order valence-electron chi connectivity index (χ3n) is 2.90. The summed E-state index contributed by atoms with van der Waals surface area (Å²) >= 11 is 0. The number of nitriles is 1. The van der Waals surface area contributed by atoms with Gasteiger partial charge in [-0.15, -0.1) is 0 Å². The fourth-order valence-electron chi connectivity index (χ4n) is 1.81. The Kier molecular flexibility index (Phi) is 3.33. The van der Waals surface area contributed by atoms with E-state index in [1.807, 2.05) is 6.92 Å². The highest BCUT2D eigenvalue weighted by atomic mass is 16.5. The molecule has 0 radical (unpaired) electrons. The van der Waals surface area contributed by atoms with Crippen LogP contribution in [-0.2, 0) is 13.0 Å². The van der Waals surface area contributed by atoms with E-state index in [1.165, 1.54) is 0 Å². The zero-order chi connectivity index (χ0) is 14.0. The van der Waals surface area contributed by atoms with Crippen LogP contribution in [0.2, 0.25) is 0 Å². The van der Waals surface area contributed by atoms with E-state index in [0.717, 1.165) is 10.8 Å². The van der Waals surface area contributed by atoms with Gasteiger partial charge in [0, 0.05) is 11.8 Å². The lowest BCUT2D eigenvalue weighted by molar-refractivity contribution is 0.390. The van der Waals surface area contributed by atoms with Crippen molar-refractivity contribution < 1.29 is 4.52 Å². The van der Waals surface area contributed by atoms with Gasteiger partial charge in [0.1, 0.15) is 17.4 Å². The van der Waals surface area contributed by atoms with Crippen molar-refractivity contribution in [2.45, 2.75) is 26.8 Å². The number of aromatic nitrogens is 3. The second-order valence-electron chi connectivity index (χ2n) is 4.03. The smallest absolute Gasteiger partial charge is 0.328 e. The molecule has 0 aliphatic carbocycles. The van der Waals surface area contributed by atoms with E-state index >= 15 is 0 Å². The van der Waals surface area contributed by atoms with Gasteiger partial charge in [-0.25, -0.2) is 4.79 Å². The van der Waals surface area contributed by atoms with Crippen molar-refractivity contribution in [3.63, 3.8) is 0 Å². The van der Waals surface area contributed by atoms with Crippen LogP contribution in [0.4, 0.5) is 0 Å². The van der Waals surface area contributed by atoms with Crippen LogP contribution < -0.4 is 11.2 Å². The monoisotopic (exact) mass is 260 g/mol. The number of aryl methyl sites for hydroxylation is 2. The number of H-pyrrole nitrogens is 1. The molecule has 0 fully saturated rings. The van der Waals surface area contributed by atoms with Gasteiger partial charge in [-0.1, -0.05) is 12.1 Å². The zero-order valence-corrected chi connectivity index (χ0v) is 10.6. The largest absolute Gasteiger partial charge is 0.361 e. The molecule has 0 aliphatic heterocycles. The molecule has 7 nitrogen and oxygen atoms in total. The lowest BCUT2D eigenvalue weighted by atomic mass is 10.1. The highest BCUT2D eigenvalue weighted by molar-refractivity contribution is 5.25. The van der Waals surface area contributed by atoms with Crippen molar-refractivity contribution in [1.29, 1.82) is 5.26 Å². The van der Waals surface area contributed by atoms with E-state index in [-0.39, 0.29) is 12.1 Å². The molecule has 2 heterocycles. The Bertz CT molecular complexity index is 761. The van der Waals surface area contributed by atoms with E-state index in [4.69, 9.17) is 9.78 Å². The molecule has 2 rings (SSSR count). The predicted molar refractivity (Wildman–Crippen MR) is 65.8 cm³/mol. The van der Waals surface area contributed by atoms with Gasteiger partial charge < -0.3 is 9.51 Å². The fourth-order valence-corrected chi connectivity index (χ4v) is 1.81. The summed E-state index contributed by atoms with van der Waals surface area (Å²) < 4.78 is 6.02. The second kappa shape index (κ2) is 4.94. The minimum atomic E-state index is -0.617. The van der Waals surface area contributed by atoms with E-state index < -0.39 is 11.2 Å². The van der Waals surface area contributed by atoms with Crippen LogP contribution >= 0.6 is 0 Å². The van der Waals surface area contributed by atoms with E-state index in [0.29, 0.717) is 23.4 Å². The van der Waals surface area contributed by atoms with Crippen molar-refractivity contribution >= 4 is 0 Å². The first kappa shape index (κ1) is 12.8. The molecule has 0 aromatic carbocycles. The summed E-state index contributed by atoms with van der Waals surface area (Å²) in [5.74, 6) is 0.561. The van der Waals surface area contributed by atoms with Crippen LogP contribution in [-0.4, -0.2) is 14.7 Å². The third-order valence-corrected chi connectivity index (χ3v) is 2.90. The number of nitrogens with zero attached hydrogens (tertiary/aromatic N) is 3. The molecule has 0 saturated carbocycles. The average Bonchev–Trinajstić information content (AvgIpc) is 2.75. The molecule has 98 valence electrons. The van der Waals surface area contributed by atoms with Crippen LogP contribution in [0, 0.1) is 18.3 Å². The first-order chi connectivity index (χ1) is 9.08. The summed E-state index contributed by atoms with van der Waals surface area (Å²) in [4.78, 5) is 26.0. The van der Waals surface area contributed by atoms with Gasteiger partial charge in [-0.3, -0.25) is 9.36 Å². The predicted octanol–water partition coefficient (Wildman–Crippen LogP) is 0.315. The van der Waals surface area contributed by atoms with Gasteiger partial charge in [-0.05, 0) is 13.3 Å². The molecular weight excluding hydrogens is 248 g/mol. The molecule has 2 aromatic heterocycles. The second-order valence-corrected chi connectivity index (χ2v) is 4.03. The van der Waals surface area contributed by atoms with Crippen molar-refractivity contribution in [2.24, 2.45) is 0 Å². The Morgan fingerprint density at radius 2 is 2.26 bits per heavy atom. The van der Waals surface area contributed by atoms with Gasteiger partial charge in [0.05, 0.1) is 12.2 Å². The van der Waals surface area contributed by atoms with E-state index in [9.17, 15) is 9.59 Å². The Hall–Kier alpha value is -2.62. The summed E-state index contributed by atoms with van der Waals surface area (Å²) in [7, 11) is 0. The SMILES string of the molecule is CCc1noc(C)c1Cn1c(=O)[nH]cc(C#N)c1=O.